The average molecular weight is 369 g/mol. The summed E-state index contributed by atoms with van der Waals surface area (Å²) in [6.45, 7) is 12.9. The molecule has 2 N–H and O–H groups in total. The monoisotopic (exact) mass is 368 g/mol. The van der Waals surface area contributed by atoms with Gasteiger partial charge in [-0.1, -0.05) is 24.3 Å². The summed E-state index contributed by atoms with van der Waals surface area (Å²) in [4.78, 5) is 26.0. The van der Waals surface area contributed by atoms with Gasteiger partial charge in [-0.2, -0.15) is 0 Å². The number of carbonyl (C=O) groups excluding carboxylic acids is 2. The van der Waals surface area contributed by atoms with E-state index in [4.69, 9.17) is 0 Å². The quantitative estimate of drug-likeness (QED) is 0.555. The highest BCUT2D eigenvalue weighted by Gasteiger charge is 2.20. The fourth-order valence-corrected chi connectivity index (χ4v) is 3.39. The van der Waals surface area contributed by atoms with Crippen LogP contribution in [0.4, 0.5) is 5.69 Å². The Balaban J connectivity index is 2.00. The number of benzene rings is 1. The summed E-state index contributed by atoms with van der Waals surface area (Å²) in [5.41, 5.74) is 5.64. The van der Waals surface area contributed by atoms with Crippen molar-refractivity contribution >= 4 is 17.4 Å². The van der Waals surface area contributed by atoms with Gasteiger partial charge in [-0.15, -0.1) is 6.58 Å². The minimum atomic E-state index is -0.0881. The first-order valence-corrected chi connectivity index (χ1v) is 9.22. The first-order chi connectivity index (χ1) is 12.7. The van der Waals surface area contributed by atoms with Crippen molar-refractivity contribution < 1.29 is 14.5 Å². The van der Waals surface area contributed by atoms with Gasteiger partial charge in [0.1, 0.15) is 6.54 Å². The number of nitrogens with zero attached hydrogens (tertiary/aromatic N) is 1. The van der Waals surface area contributed by atoms with Crippen LogP contribution in [-0.2, 0) is 11.3 Å². The van der Waals surface area contributed by atoms with E-state index in [9.17, 15) is 9.59 Å². The average Bonchev–Trinajstić information content (AvgIpc) is 2.87. The molecule has 1 heterocycles. The third kappa shape index (κ3) is 4.95. The molecule has 1 unspecified atom stereocenters. The molecule has 1 atom stereocenters. The van der Waals surface area contributed by atoms with Crippen LogP contribution in [0.15, 0.2) is 36.9 Å². The number of carbonyl (C=O) groups is 2. The van der Waals surface area contributed by atoms with Gasteiger partial charge in [0.2, 0.25) is 5.78 Å². The highest BCUT2D eigenvalue weighted by molar-refractivity contribution is 5.98. The third-order valence-electron chi connectivity index (χ3n) is 4.86. The van der Waals surface area contributed by atoms with Gasteiger partial charge >= 0.3 is 0 Å². The van der Waals surface area contributed by atoms with E-state index < -0.39 is 0 Å². The molecule has 1 amide bonds. The topological polar surface area (TPSA) is 55.5 Å². The molecule has 5 nitrogen and oxygen atoms in total. The molecule has 1 aromatic carbocycles. The van der Waals surface area contributed by atoms with Crippen molar-refractivity contribution in [3.05, 3.63) is 65.0 Å². The first-order valence-electron chi connectivity index (χ1n) is 9.22. The van der Waals surface area contributed by atoms with Crippen LogP contribution in [0.25, 0.3) is 0 Å². The maximum Gasteiger partial charge on any atom is 0.279 e. The van der Waals surface area contributed by atoms with Crippen LogP contribution in [0.3, 0.4) is 0 Å². The van der Waals surface area contributed by atoms with Gasteiger partial charge in [0.15, 0.2) is 6.54 Å². The van der Waals surface area contributed by atoms with Gasteiger partial charge in [0, 0.05) is 29.2 Å². The third-order valence-corrected chi connectivity index (χ3v) is 4.86. The van der Waals surface area contributed by atoms with Crippen LogP contribution in [0, 0.1) is 27.7 Å². The van der Waals surface area contributed by atoms with Crippen LogP contribution in [0.5, 0.6) is 0 Å². The normalized spacial score (nSPS) is 11.9. The number of aromatic nitrogens is 1. The zero-order valence-corrected chi connectivity index (χ0v) is 17.0. The highest BCUT2D eigenvalue weighted by atomic mass is 16.2. The summed E-state index contributed by atoms with van der Waals surface area (Å²) in [7, 11) is 1.87. The number of hydrogen-bond donors (Lipinski definition) is 2. The van der Waals surface area contributed by atoms with Gasteiger partial charge in [-0.3, -0.25) is 9.59 Å². The smallest absolute Gasteiger partial charge is 0.279 e. The molecule has 0 fully saturated rings. The Labute approximate surface area is 161 Å². The number of anilines is 1. The number of rotatable bonds is 8. The van der Waals surface area contributed by atoms with Crippen LogP contribution < -0.4 is 10.2 Å². The van der Waals surface area contributed by atoms with Crippen LogP contribution in [0.1, 0.15) is 32.9 Å². The molecule has 0 saturated carbocycles. The molecule has 0 saturated heterocycles. The molecule has 0 aliphatic carbocycles. The van der Waals surface area contributed by atoms with E-state index in [0.29, 0.717) is 6.54 Å². The molecule has 2 rings (SSSR count). The molecule has 27 heavy (non-hydrogen) atoms. The van der Waals surface area contributed by atoms with E-state index in [1.807, 2.05) is 65.1 Å². The number of para-hydroxylation sites is 1. The Bertz CT molecular complexity index is 844. The number of ketones is 1. The Morgan fingerprint density at radius 2 is 1.78 bits per heavy atom. The molecule has 2 aromatic rings. The summed E-state index contributed by atoms with van der Waals surface area (Å²) in [6, 6.07) is 7.84. The van der Waals surface area contributed by atoms with E-state index in [1.165, 1.54) is 0 Å². The minimum Gasteiger partial charge on any atom is -0.345 e. The summed E-state index contributed by atoms with van der Waals surface area (Å²) in [5.74, 6) is -0.0365. The summed E-state index contributed by atoms with van der Waals surface area (Å²) >= 11 is 0. The number of amides is 1. The SMILES string of the molecule is C=CCn1c(C)cc(C(=O)C[NH+](C)CC(=O)Nc2c(C)cccc2C)c1C. The largest absolute Gasteiger partial charge is 0.345 e. The second-order valence-electron chi connectivity index (χ2n) is 7.23. The van der Waals surface area contributed by atoms with Gasteiger partial charge < -0.3 is 14.8 Å². The van der Waals surface area contributed by atoms with Crippen LogP contribution >= 0.6 is 0 Å². The summed E-state index contributed by atoms with van der Waals surface area (Å²) < 4.78 is 2.07. The molecule has 0 aliphatic rings. The molecule has 0 aliphatic heterocycles. The second kappa shape index (κ2) is 8.82. The Morgan fingerprint density at radius 3 is 2.37 bits per heavy atom. The van der Waals surface area contributed by atoms with Crippen molar-refractivity contribution in [3.63, 3.8) is 0 Å². The Morgan fingerprint density at radius 1 is 1.15 bits per heavy atom. The van der Waals surface area contributed by atoms with E-state index in [1.54, 1.807) is 0 Å². The van der Waals surface area contributed by atoms with Crippen LogP contribution in [0.2, 0.25) is 0 Å². The van der Waals surface area contributed by atoms with Crippen LogP contribution in [-0.4, -0.2) is 36.4 Å². The lowest BCUT2D eigenvalue weighted by Gasteiger charge is -2.15. The van der Waals surface area contributed by atoms with Gasteiger partial charge in [-0.25, -0.2) is 0 Å². The number of nitrogens with one attached hydrogen (secondary N) is 2. The van der Waals surface area contributed by atoms with Crippen molar-refractivity contribution in [3.8, 4) is 0 Å². The summed E-state index contributed by atoms with van der Waals surface area (Å²) in [6.07, 6.45) is 1.82. The van der Waals surface area contributed by atoms with Gasteiger partial charge in [0.25, 0.3) is 5.91 Å². The minimum absolute atomic E-state index is 0.0517. The molecule has 0 spiro atoms. The zero-order chi connectivity index (χ0) is 20.1. The molecule has 5 heteroatoms. The lowest BCUT2D eigenvalue weighted by atomic mass is 10.1. The van der Waals surface area contributed by atoms with E-state index in [0.717, 1.165) is 38.7 Å². The lowest BCUT2D eigenvalue weighted by molar-refractivity contribution is -0.861. The standard InChI is InChI=1S/C22H29N3O2/c1-7-11-25-17(4)12-19(18(25)5)20(26)13-24(6)14-21(27)23-22-15(2)9-8-10-16(22)3/h7-10,12H,1,11,13-14H2,2-6H3,(H,23,27)/p+1. The van der Waals surface area contributed by atoms with Crippen molar-refractivity contribution in [2.45, 2.75) is 34.2 Å². The van der Waals surface area contributed by atoms with E-state index >= 15 is 0 Å². The Hall–Kier alpha value is -2.66. The molecule has 0 bridgehead atoms. The highest BCUT2D eigenvalue weighted by Crippen LogP contribution is 2.19. The Kier molecular flexibility index (Phi) is 6.75. The number of hydrogen-bond acceptors (Lipinski definition) is 2. The first kappa shape index (κ1) is 20.6. The van der Waals surface area contributed by atoms with Crippen molar-refractivity contribution in [2.24, 2.45) is 0 Å². The summed E-state index contributed by atoms with van der Waals surface area (Å²) in [5, 5.41) is 2.98. The fraction of sp³-hybridized carbons (Fsp3) is 0.364. The maximum absolute atomic E-state index is 12.7. The van der Waals surface area contributed by atoms with Crippen molar-refractivity contribution in [1.82, 2.24) is 4.57 Å². The number of Topliss-reactive ketones (excluding diaryl/α,β-unsaturated/α-hetero) is 1. The second-order valence-corrected chi connectivity index (χ2v) is 7.23. The van der Waals surface area contributed by atoms with Gasteiger partial charge in [0.05, 0.1) is 7.05 Å². The predicted octanol–water partition coefficient (Wildman–Crippen LogP) is 2.24. The van der Waals surface area contributed by atoms with E-state index in [2.05, 4.69) is 16.5 Å². The maximum atomic E-state index is 12.7. The predicted molar refractivity (Wildman–Crippen MR) is 110 cm³/mol. The van der Waals surface area contributed by atoms with Gasteiger partial charge in [-0.05, 0) is 44.9 Å². The van der Waals surface area contributed by atoms with Crippen molar-refractivity contribution in [2.75, 3.05) is 25.5 Å². The fourth-order valence-electron chi connectivity index (χ4n) is 3.39. The number of quaternary nitrogens is 1. The number of allylic oxidation sites excluding steroid dienone is 1. The molecule has 0 radical (unpaired) electrons. The van der Waals surface area contributed by atoms with E-state index in [-0.39, 0.29) is 24.8 Å². The molecule has 144 valence electrons. The molecular formula is C22H30N3O2+. The molecule has 1 aromatic heterocycles. The van der Waals surface area contributed by atoms with Crippen molar-refractivity contribution in [1.29, 1.82) is 0 Å². The number of likely N-dealkylation sites (N-methyl/N-ethyl adjacent to an activating group) is 1. The number of aryl methyl sites for hydroxylation is 3. The lowest BCUT2D eigenvalue weighted by Crippen LogP contribution is -3.11. The zero-order valence-electron chi connectivity index (χ0n) is 17.0. The molecular weight excluding hydrogens is 338 g/mol.